The maximum absolute atomic E-state index is 11.8. The molecular weight excluding hydrogens is 218 g/mol. The van der Waals surface area contributed by atoms with E-state index in [1.165, 1.54) is 25.5 Å². The van der Waals surface area contributed by atoms with E-state index in [9.17, 15) is 4.79 Å². The standard InChI is InChI=1S/C12H19N3O2/c1-2-15-11(10(13)8-14-15)12(16)17-7-6-9-4-3-5-9/h8-9H,2-7,13H2,1H3. The van der Waals surface area contributed by atoms with Crippen LogP contribution in [0.3, 0.4) is 0 Å². The van der Waals surface area contributed by atoms with Crippen molar-refractivity contribution >= 4 is 11.7 Å². The van der Waals surface area contributed by atoms with Crippen LogP contribution in [-0.2, 0) is 11.3 Å². The van der Waals surface area contributed by atoms with Crippen molar-refractivity contribution in [1.82, 2.24) is 9.78 Å². The molecular formula is C12H19N3O2. The Morgan fingerprint density at radius 2 is 2.41 bits per heavy atom. The van der Waals surface area contributed by atoms with Crippen LogP contribution in [0.5, 0.6) is 0 Å². The summed E-state index contributed by atoms with van der Waals surface area (Å²) in [5.41, 5.74) is 6.47. The molecule has 0 saturated heterocycles. The summed E-state index contributed by atoms with van der Waals surface area (Å²) in [6, 6.07) is 0. The molecule has 2 rings (SSSR count). The highest BCUT2D eigenvalue weighted by Crippen LogP contribution is 2.29. The fourth-order valence-corrected chi connectivity index (χ4v) is 2.03. The summed E-state index contributed by atoms with van der Waals surface area (Å²) in [4.78, 5) is 11.8. The molecule has 0 spiro atoms. The third kappa shape index (κ3) is 2.60. The van der Waals surface area contributed by atoms with E-state index in [1.54, 1.807) is 4.68 Å². The maximum atomic E-state index is 11.8. The molecule has 94 valence electrons. The van der Waals surface area contributed by atoms with E-state index in [1.807, 2.05) is 6.92 Å². The molecule has 5 heteroatoms. The van der Waals surface area contributed by atoms with Crippen LogP contribution in [0.15, 0.2) is 6.20 Å². The number of hydrogen-bond donors (Lipinski definition) is 1. The van der Waals surface area contributed by atoms with Gasteiger partial charge in [0.25, 0.3) is 0 Å². The lowest BCUT2D eigenvalue weighted by atomic mass is 9.83. The third-order valence-electron chi connectivity index (χ3n) is 3.34. The number of carbonyl (C=O) groups excluding carboxylic acids is 1. The van der Waals surface area contributed by atoms with Crippen molar-refractivity contribution < 1.29 is 9.53 Å². The maximum Gasteiger partial charge on any atom is 0.358 e. The van der Waals surface area contributed by atoms with Gasteiger partial charge < -0.3 is 10.5 Å². The van der Waals surface area contributed by atoms with Gasteiger partial charge in [0.2, 0.25) is 0 Å². The molecule has 1 aliphatic rings. The van der Waals surface area contributed by atoms with Crippen LogP contribution in [0.1, 0.15) is 43.1 Å². The van der Waals surface area contributed by atoms with Gasteiger partial charge in [0.1, 0.15) is 0 Å². The van der Waals surface area contributed by atoms with Crippen molar-refractivity contribution in [1.29, 1.82) is 0 Å². The predicted octanol–water partition coefficient (Wildman–Crippen LogP) is 1.83. The zero-order chi connectivity index (χ0) is 12.3. The smallest absolute Gasteiger partial charge is 0.358 e. The topological polar surface area (TPSA) is 70.1 Å². The van der Waals surface area contributed by atoms with Gasteiger partial charge in [-0.15, -0.1) is 0 Å². The van der Waals surface area contributed by atoms with Crippen LogP contribution in [0.2, 0.25) is 0 Å². The number of rotatable bonds is 5. The predicted molar refractivity (Wildman–Crippen MR) is 64.6 cm³/mol. The lowest BCUT2D eigenvalue weighted by molar-refractivity contribution is 0.0451. The van der Waals surface area contributed by atoms with Gasteiger partial charge in [0.05, 0.1) is 18.5 Å². The van der Waals surface area contributed by atoms with Crippen LogP contribution in [0.25, 0.3) is 0 Å². The number of esters is 1. The lowest BCUT2D eigenvalue weighted by Gasteiger charge is -2.24. The Kier molecular flexibility index (Phi) is 3.66. The number of nitrogens with zero attached hydrogens (tertiary/aromatic N) is 2. The average Bonchev–Trinajstić information content (AvgIpc) is 2.63. The minimum Gasteiger partial charge on any atom is -0.461 e. The quantitative estimate of drug-likeness (QED) is 0.793. The van der Waals surface area contributed by atoms with Crippen LogP contribution in [0.4, 0.5) is 5.69 Å². The van der Waals surface area contributed by atoms with Crippen molar-refractivity contribution in [2.45, 2.75) is 39.2 Å². The monoisotopic (exact) mass is 237 g/mol. The molecule has 1 aromatic rings. The molecule has 1 heterocycles. The molecule has 0 atom stereocenters. The molecule has 5 nitrogen and oxygen atoms in total. The zero-order valence-corrected chi connectivity index (χ0v) is 10.2. The van der Waals surface area contributed by atoms with Crippen molar-refractivity contribution in [3.63, 3.8) is 0 Å². The number of nitrogen functional groups attached to an aromatic ring is 1. The summed E-state index contributed by atoms with van der Waals surface area (Å²) in [6.45, 7) is 3.01. The molecule has 17 heavy (non-hydrogen) atoms. The third-order valence-corrected chi connectivity index (χ3v) is 3.34. The first-order chi connectivity index (χ1) is 8.22. The van der Waals surface area contributed by atoms with Crippen LogP contribution in [-0.4, -0.2) is 22.4 Å². The highest BCUT2D eigenvalue weighted by Gasteiger charge is 2.20. The first-order valence-corrected chi connectivity index (χ1v) is 6.20. The molecule has 1 saturated carbocycles. The number of ether oxygens (including phenoxy) is 1. The zero-order valence-electron chi connectivity index (χ0n) is 10.2. The Hall–Kier alpha value is -1.52. The van der Waals surface area contributed by atoms with Crippen LogP contribution >= 0.6 is 0 Å². The van der Waals surface area contributed by atoms with Crippen LogP contribution in [0, 0.1) is 5.92 Å². The summed E-state index contributed by atoms with van der Waals surface area (Å²) < 4.78 is 6.81. The van der Waals surface area contributed by atoms with Gasteiger partial charge in [-0.2, -0.15) is 5.10 Å². The fraction of sp³-hybridized carbons (Fsp3) is 0.667. The largest absolute Gasteiger partial charge is 0.461 e. The number of aryl methyl sites for hydroxylation is 1. The van der Waals surface area contributed by atoms with E-state index in [4.69, 9.17) is 10.5 Å². The molecule has 0 amide bonds. The number of hydrogen-bond acceptors (Lipinski definition) is 4. The van der Waals surface area contributed by atoms with Crippen molar-refractivity contribution in [3.05, 3.63) is 11.9 Å². The molecule has 1 aliphatic carbocycles. The minimum absolute atomic E-state index is 0.360. The SMILES string of the molecule is CCn1ncc(N)c1C(=O)OCCC1CCC1. The molecule has 1 aromatic heterocycles. The van der Waals surface area contributed by atoms with Gasteiger partial charge in [0.15, 0.2) is 5.69 Å². The van der Waals surface area contributed by atoms with E-state index in [2.05, 4.69) is 5.10 Å². The van der Waals surface area contributed by atoms with Crippen LogP contribution < -0.4 is 5.73 Å². The molecule has 0 bridgehead atoms. The van der Waals surface area contributed by atoms with E-state index in [0.29, 0.717) is 24.5 Å². The molecule has 0 unspecified atom stereocenters. The second-order valence-corrected chi connectivity index (χ2v) is 4.49. The van der Waals surface area contributed by atoms with Gasteiger partial charge in [-0.25, -0.2) is 4.79 Å². The van der Waals surface area contributed by atoms with Gasteiger partial charge >= 0.3 is 5.97 Å². The average molecular weight is 237 g/mol. The Morgan fingerprint density at radius 1 is 1.65 bits per heavy atom. The van der Waals surface area contributed by atoms with Gasteiger partial charge in [-0.05, 0) is 19.3 Å². The molecule has 0 aromatic carbocycles. The second kappa shape index (κ2) is 5.21. The fourth-order valence-electron chi connectivity index (χ4n) is 2.03. The first-order valence-electron chi connectivity index (χ1n) is 6.20. The lowest BCUT2D eigenvalue weighted by Crippen LogP contribution is -2.18. The van der Waals surface area contributed by atoms with Gasteiger partial charge in [-0.1, -0.05) is 19.3 Å². The Morgan fingerprint density at radius 3 is 3.00 bits per heavy atom. The normalized spacial score (nSPS) is 15.6. The Balaban J connectivity index is 1.87. The van der Waals surface area contributed by atoms with E-state index < -0.39 is 0 Å². The molecule has 2 N–H and O–H groups in total. The Labute approximate surface area is 101 Å². The number of nitrogens with two attached hydrogens (primary N) is 1. The van der Waals surface area contributed by atoms with Crippen molar-refractivity contribution in [2.75, 3.05) is 12.3 Å². The van der Waals surface area contributed by atoms with Gasteiger partial charge in [-0.3, -0.25) is 4.68 Å². The van der Waals surface area contributed by atoms with E-state index in [0.717, 1.165) is 12.3 Å². The number of carbonyl (C=O) groups is 1. The summed E-state index contributed by atoms with van der Waals surface area (Å²) in [7, 11) is 0. The minimum atomic E-state index is -0.360. The van der Waals surface area contributed by atoms with Crippen molar-refractivity contribution in [3.8, 4) is 0 Å². The summed E-state index contributed by atoms with van der Waals surface area (Å²) >= 11 is 0. The van der Waals surface area contributed by atoms with E-state index >= 15 is 0 Å². The summed E-state index contributed by atoms with van der Waals surface area (Å²) in [5, 5.41) is 4.02. The highest BCUT2D eigenvalue weighted by molar-refractivity contribution is 5.93. The van der Waals surface area contributed by atoms with Gasteiger partial charge in [0, 0.05) is 6.54 Å². The molecule has 0 aliphatic heterocycles. The highest BCUT2D eigenvalue weighted by atomic mass is 16.5. The molecule has 1 fully saturated rings. The van der Waals surface area contributed by atoms with E-state index in [-0.39, 0.29) is 5.97 Å². The van der Waals surface area contributed by atoms with Crippen molar-refractivity contribution in [2.24, 2.45) is 5.92 Å². The Bertz CT molecular complexity index is 396. The molecule has 0 radical (unpaired) electrons. The second-order valence-electron chi connectivity index (χ2n) is 4.49. The first kappa shape index (κ1) is 12.0. The number of anilines is 1. The summed E-state index contributed by atoms with van der Waals surface area (Å²) in [6.07, 6.45) is 6.31. The summed E-state index contributed by atoms with van der Waals surface area (Å²) in [5.74, 6) is 0.386. The number of aromatic nitrogens is 2.